The van der Waals surface area contributed by atoms with Gasteiger partial charge in [0.25, 0.3) is 0 Å². The van der Waals surface area contributed by atoms with Gasteiger partial charge in [-0.2, -0.15) is 0 Å². The molecule has 10 nitrogen and oxygen atoms in total. The molecule has 0 amide bonds. The van der Waals surface area contributed by atoms with E-state index in [0.29, 0.717) is 17.1 Å². The van der Waals surface area contributed by atoms with Crippen LogP contribution in [0.25, 0.3) is 5.76 Å². The van der Waals surface area contributed by atoms with Crippen molar-refractivity contribution in [2.24, 2.45) is 34.5 Å². The number of hydrogen-bond acceptors (Lipinski definition) is 10. The average Bonchev–Trinajstić information content (AvgIpc) is 3.90. The molecule has 7 rings (SSSR count). The van der Waals surface area contributed by atoms with Crippen molar-refractivity contribution in [3.63, 3.8) is 0 Å². The van der Waals surface area contributed by atoms with Crippen molar-refractivity contribution in [2.45, 2.75) is 83.2 Å². The van der Waals surface area contributed by atoms with E-state index in [0.717, 1.165) is 31.2 Å². The van der Waals surface area contributed by atoms with Gasteiger partial charge in [0, 0.05) is 52.8 Å². The molecule has 4 fully saturated rings. The first-order valence-electron chi connectivity index (χ1n) is 15.4. The maximum Gasteiger partial charge on any atom is 0.309 e. The summed E-state index contributed by atoms with van der Waals surface area (Å²) >= 11 is 0. The fourth-order valence-corrected chi connectivity index (χ4v) is 8.17. The zero-order valence-electron chi connectivity index (χ0n) is 24.8. The van der Waals surface area contributed by atoms with Crippen LogP contribution in [0.4, 0.5) is 0 Å². The SMILES string of the molecule is C[C@@]1(COC(=O)C2CC2)[C@@H](OC(=O)C2CC2)CC(=O)[C@@]2(C)[C@@H]1C[C@H](O)[C@@]1(C)OC3=C(COC(c4cccnc4)=C3)[C@H](O)[C@@H]12. The van der Waals surface area contributed by atoms with Crippen molar-refractivity contribution in [2.75, 3.05) is 13.2 Å². The van der Waals surface area contributed by atoms with E-state index in [2.05, 4.69) is 4.98 Å². The molecule has 230 valence electrons. The summed E-state index contributed by atoms with van der Waals surface area (Å²) in [6.45, 7) is 5.46. The lowest BCUT2D eigenvalue weighted by Gasteiger charge is -2.65. The largest absolute Gasteiger partial charge is 0.488 e. The topological polar surface area (TPSA) is 141 Å². The van der Waals surface area contributed by atoms with Gasteiger partial charge in [-0.1, -0.05) is 13.8 Å². The van der Waals surface area contributed by atoms with Crippen molar-refractivity contribution in [3.05, 3.63) is 47.5 Å². The minimum atomic E-state index is -1.31. The summed E-state index contributed by atoms with van der Waals surface area (Å²) in [6.07, 6.45) is 5.13. The molecule has 2 N–H and O–H groups in total. The number of nitrogens with zero attached hydrogens (tertiary/aromatic N) is 1. The third-order valence-electron chi connectivity index (χ3n) is 11.1. The second-order valence-electron chi connectivity index (χ2n) is 13.9. The molecular weight excluding hydrogens is 554 g/mol. The number of allylic oxidation sites excluding steroid dienone is 1. The highest BCUT2D eigenvalue weighted by Crippen LogP contribution is 2.65. The van der Waals surface area contributed by atoms with E-state index in [1.807, 2.05) is 19.9 Å². The Kier molecular flexibility index (Phi) is 6.56. The number of carbonyl (C=O) groups is 3. The maximum atomic E-state index is 14.3. The molecular formula is C33H39NO9. The second-order valence-corrected chi connectivity index (χ2v) is 13.9. The van der Waals surface area contributed by atoms with Crippen LogP contribution < -0.4 is 0 Å². The summed E-state index contributed by atoms with van der Waals surface area (Å²) in [6, 6.07) is 3.66. The number of ketones is 1. The standard InChI is InChI=1S/C33H39NO9/c1-31(16-41-29(38)17-6-7-17)23-12-25(36)33(3)28(32(23,2)24(35)13-26(31)42-30(39)18-8-9-18)27(37)20-15-40-21(11-22(20)43-33)19-5-4-10-34-14-19/h4-5,10-11,14,17-18,23,25-28,36-37H,6-9,12-13,15-16H2,1-3H3/t23-,25+,26+,27+,28-,31+,32-,33-/m1/s1. The first-order valence-corrected chi connectivity index (χ1v) is 15.4. The second kappa shape index (κ2) is 9.89. The van der Waals surface area contributed by atoms with Crippen LogP contribution in [0.1, 0.15) is 64.9 Å². The number of aliphatic hydroxyl groups excluding tert-OH is 2. The van der Waals surface area contributed by atoms with Gasteiger partial charge in [-0.25, -0.2) is 0 Å². The van der Waals surface area contributed by atoms with E-state index in [4.69, 9.17) is 18.9 Å². The number of esters is 2. The quantitative estimate of drug-likeness (QED) is 0.473. The molecule has 3 heterocycles. The Hall–Kier alpha value is -3.24. The number of ether oxygens (including phenoxy) is 4. The van der Waals surface area contributed by atoms with Crippen LogP contribution in [0, 0.1) is 34.5 Å². The maximum absolute atomic E-state index is 14.3. The summed E-state index contributed by atoms with van der Waals surface area (Å²) in [5, 5.41) is 23.9. The summed E-state index contributed by atoms with van der Waals surface area (Å²) in [7, 11) is 0. The third-order valence-corrected chi connectivity index (χ3v) is 11.1. The number of aliphatic hydroxyl groups is 2. The fraction of sp³-hybridized carbons (Fsp3) is 0.636. The Bertz CT molecular complexity index is 1410. The highest BCUT2D eigenvalue weighted by Gasteiger charge is 2.72. The monoisotopic (exact) mass is 593 g/mol. The molecule has 2 aliphatic heterocycles. The minimum Gasteiger partial charge on any atom is -0.488 e. The first-order chi connectivity index (χ1) is 20.5. The van der Waals surface area contributed by atoms with Gasteiger partial charge >= 0.3 is 11.9 Å². The summed E-state index contributed by atoms with van der Waals surface area (Å²) in [4.78, 5) is 44.0. The van der Waals surface area contributed by atoms with E-state index in [9.17, 15) is 24.6 Å². The molecule has 0 spiro atoms. The highest BCUT2D eigenvalue weighted by molar-refractivity contribution is 5.88. The molecule has 8 atom stereocenters. The van der Waals surface area contributed by atoms with E-state index < -0.39 is 46.6 Å². The van der Waals surface area contributed by atoms with Gasteiger partial charge < -0.3 is 29.2 Å². The molecule has 4 aliphatic carbocycles. The molecule has 0 radical (unpaired) electrons. The Morgan fingerprint density at radius 3 is 2.49 bits per heavy atom. The highest BCUT2D eigenvalue weighted by atomic mass is 16.6. The van der Waals surface area contributed by atoms with Crippen LogP contribution in [0.5, 0.6) is 0 Å². The van der Waals surface area contributed by atoms with Crippen molar-refractivity contribution in [1.29, 1.82) is 0 Å². The summed E-state index contributed by atoms with van der Waals surface area (Å²) < 4.78 is 24.4. The molecule has 1 aromatic heterocycles. The zero-order valence-corrected chi connectivity index (χ0v) is 24.8. The normalized spacial score (nSPS) is 40.2. The van der Waals surface area contributed by atoms with E-state index in [1.54, 1.807) is 31.5 Å². The van der Waals surface area contributed by atoms with Gasteiger partial charge in [0.05, 0.1) is 24.0 Å². The smallest absolute Gasteiger partial charge is 0.309 e. The molecule has 0 bridgehead atoms. The number of rotatable bonds is 6. The number of aromatic nitrogens is 1. The van der Waals surface area contributed by atoms with Crippen molar-refractivity contribution >= 4 is 23.5 Å². The number of Topliss-reactive ketones (excluding diaryl/α,β-unsaturated/α-hetero) is 1. The summed E-state index contributed by atoms with van der Waals surface area (Å²) in [5.41, 5.74) is -2.23. The molecule has 1 aromatic rings. The first kappa shape index (κ1) is 28.5. The molecule has 0 saturated heterocycles. The van der Waals surface area contributed by atoms with Crippen molar-refractivity contribution in [3.8, 4) is 0 Å². The van der Waals surface area contributed by atoms with Gasteiger partial charge in [0.15, 0.2) is 0 Å². The lowest BCUT2D eigenvalue weighted by molar-refractivity contribution is -0.263. The molecule has 4 saturated carbocycles. The zero-order chi connectivity index (χ0) is 30.3. The number of fused-ring (bicyclic) bond motifs is 3. The Morgan fingerprint density at radius 2 is 1.81 bits per heavy atom. The average molecular weight is 594 g/mol. The molecule has 6 aliphatic rings. The van der Waals surface area contributed by atoms with E-state index in [1.165, 1.54) is 0 Å². The minimum absolute atomic E-state index is 0.0483. The lowest BCUT2D eigenvalue weighted by Crippen LogP contribution is -2.73. The van der Waals surface area contributed by atoms with Gasteiger partial charge in [0.1, 0.15) is 42.2 Å². The molecule has 0 unspecified atom stereocenters. The van der Waals surface area contributed by atoms with Crippen LogP contribution in [0.15, 0.2) is 41.9 Å². The van der Waals surface area contributed by atoms with Crippen molar-refractivity contribution in [1.82, 2.24) is 4.98 Å². The Balaban J connectivity index is 1.27. The van der Waals surface area contributed by atoms with E-state index >= 15 is 0 Å². The van der Waals surface area contributed by atoms with Gasteiger partial charge in [-0.15, -0.1) is 0 Å². The predicted octanol–water partition coefficient (Wildman–Crippen LogP) is 3.11. The van der Waals surface area contributed by atoms with Gasteiger partial charge in [-0.05, 0) is 57.1 Å². The van der Waals surface area contributed by atoms with Crippen LogP contribution in [0.3, 0.4) is 0 Å². The Morgan fingerprint density at radius 1 is 1.09 bits per heavy atom. The van der Waals surface area contributed by atoms with Crippen molar-refractivity contribution < 1.29 is 43.5 Å². The Labute approximate surface area is 250 Å². The van der Waals surface area contributed by atoms with E-state index in [-0.39, 0.29) is 55.6 Å². The fourth-order valence-electron chi connectivity index (χ4n) is 8.17. The van der Waals surface area contributed by atoms with Gasteiger partial charge in [-0.3, -0.25) is 19.4 Å². The van der Waals surface area contributed by atoms with Crippen LogP contribution in [-0.2, 0) is 33.3 Å². The number of pyridine rings is 1. The number of hydrogen-bond donors (Lipinski definition) is 2. The summed E-state index contributed by atoms with van der Waals surface area (Å²) in [5.74, 6) is -1.56. The van der Waals surface area contributed by atoms with Crippen LogP contribution >= 0.6 is 0 Å². The molecule has 0 aromatic carbocycles. The van der Waals surface area contributed by atoms with Gasteiger partial charge in [0.2, 0.25) is 0 Å². The molecule has 43 heavy (non-hydrogen) atoms. The lowest BCUT2D eigenvalue weighted by atomic mass is 9.42. The predicted molar refractivity (Wildman–Crippen MR) is 150 cm³/mol. The van der Waals surface area contributed by atoms with Crippen LogP contribution in [0.2, 0.25) is 0 Å². The third kappa shape index (κ3) is 4.43. The number of carbonyl (C=O) groups excluding carboxylic acids is 3. The molecule has 10 heteroatoms. The van der Waals surface area contributed by atoms with Crippen LogP contribution in [-0.4, -0.2) is 70.0 Å².